The molecule has 2 rings (SSSR count). The van der Waals surface area contributed by atoms with Gasteiger partial charge in [0.15, 0.2) is 0 Å². The average Bonchev–Trinajstić information content (AvgIpc) is 2.60. The molecule has 1 aromatic heterocycles. The average molecular weight is 350 g/mol. The zero-order chi connectivity index (χ0) is 18.1. The van der Waals surface area contributed by atoms with Gasteiger partial charge >= 0.3 is 12.3 Å². The van der Waals surface area contributed by atoms with Crippen molar-refractivity contribution in [3.05, 3.63) is 71.6 Å². The summed E-state index contributed by atoms with van der Waals surface area (Å²) in [5.74, 6) is 0. The van der Waals surface area contributed by atoms with Gasteiger partial charge in [-0.2, -0.15) is 13.2 Å². The number of hydrogen-bond acceptors (Lipinski definition) is 3. The van der Waals surface area contributed by atoms with Crippen LogP contribution in [0.15, 0.2) is 54.7 Å². The van der Waals surface area contributed by atoms with Gasteiger partial charge in [-0.25, -0.2) is 4.79 Å². The Labute approximate surface area is 143 Å². The van der Waals surface area contributed by atoms with E-state index in [0.717, 1.165) is 23.9 Å². The van der Waals surface area contributed by atoms with Crippen LogP contribution >= 0.6 is 0 Å². The second kappa shape index (κ2) is 8.86. The third-order valence-electron chi connectivity index (χ3n) is 3.19. The predicted molar refractivity (Wildman–Crippen MR) is 87.5 cm³/mol. The molecular weight excluding hydrogens is 333 g/mol. The van der Waals surface area contributed by atoms with E-state index in [-0.39, 0.29) is 12.3 Å². The molecule has 0 bridgehead atoms. The number of hydrogen-bond donors (Lipinski definition) is 1. The maximum Gasteiger partial charge on any atom is 0.416 e. The van der Waals surface area contributed by atoms with E-state index in [4.69, 9.17) is 4.74 Å². The second-order valence-electron chi connectivity index (χ2n) is 5.15. The lowest BCUT2D eigenvalue weighted by Crippen LogP contribution is -2.24. The Balaban J connectivity index is 1.70. The van der Waals surface area contributed by atoms with Crippen molar-refractivity contribution in [2.45, 2.75) is 19.2 Å². The highest BCUT2D eigenvalue weighted by Gasteiger charge is 2.30. The highest BCUT2D eigenvalue weighted by molar-refractivity contribution is 5.67. The molecule has 1 aromatic carbocycles. The molecule has 7 heteroatoms. The molecular formula is C18H17F3N2O2. The van der Waals surface area contributed by atoms with Crippen LogP contribution in [-0.2, 0) is 17.5 Å². The van der Waals surface area contributed by atoms with Crippen LogP contribution in [0.25, 0.3) is 6.08 Å². The Morgan fingerprint density at radius 3 is 2.68 bits per heavy atom. The Hall–Kier alpha value is -2.83. The molecule has 0 fully saturated rings. The first-order chi connectivity index (χ1) is 11.9. The number of alkyl carbamates (subject to hydrolysis) is 1. The predicted octanol–water partition coefficient (Wildman–Crippen LogP) is 4.43. The van der Waals surface area contributed by atoms with Crippen LogP contribution < -0.4 is 5.32 Å². The fourth-order valence-corrected chi connectivity index (χ4v) is 1.95. The zero-order valence-electron chi connectivity index (χ0n) is 13.3. The van der Waals surface area contributed by atoms with Crippen molar-refractivity contribution >= 4 is 12.2 Å². The molecule has 0 radical (unpaired) electrons. The lowest BCUT2D eigenvalue weighted by Gasteiger charge is -2.06. The Kier molecular flexibility index (Phi) is 6.56. The molecule has 25 heavy (non-hydrogen) atoms. The maximum atomic E-state index is 12.6. The van der Waals surface area contributed by atoms with E-state index in [1.54, 1.807) is 6.08 Å². The zero-order valence-corrected chi connectivity index (χ0v) is 13.3. The number of nitrogens with one attached hydrogen (secondary N) is 1. The second-order valence-corrected chi connectivity index (χ2v) is 5.15. The third kappa shape index (κ3) is 6.66. The standard InChI is InChI=1S/C18H17F3N2O2/c19-18(20,21)15-9-11-22-16(12-15)8-4-5-10-23-17(24)25-13-14-6-2-1-3-7-14/h1-4,6-9,11-12H,5,10,13H2,(H,23,24). The van der Waals surface area contributed by atoms with Crippen LogP contribution in [0, 0.1) is 0 Å². The van der Waals surface area contributed by atoms with Gasteiger partial charge < -0.3 is 10.1 Å². The van der Waals surface area contributed by atoms with E-state index < -0.39 is 17.8 Å². The van der Waals surface area contributed by atoms with Gasteiger partial charge in [-0.3, -0.25) is 4.98 Å². The normalized spacial score (nSPS) is 11.5. The number of pyridine rings is 1. The highest BCUT2D eigenvalue weighted by atomic mass is 19.4. The van der Waals surface area contributed by atoms with Gasteiger partial charge in [0.05, 0.1) is 11.3 Å². The van der Waals surface area contributed by atoms with Crippen LogP contribution in [0.5, 0.6) is 0 Å². The molecule has 0 atom stereocenters. The number of nitrogens with zero attached hydrogens (tertiary/aromatic N) is 1. The molecule has 0 saturated heterocycles. The van der Waals surface area contributed by atoms with Gasteiger partial charge in [0.1, 0.15) is 6.61 Å². The van der Waals surface area contributed by atoms with E-state index >= 15 is 0 Å². The fourth-order valence-electron chi connectivity index (χ4n) is 1.95. The van der Waals surface area contributed by atoms with Gasteiger partial charge in [-0.1, -0.05) is 36.4 Å². The number of halogens is 3. The first kappa shape index (κ1) is 18.5. The van der Waals surface area contributed by atoms with Gasteiger partial charge in [0.2, 0.25) is 0 Å². The van der Waals surface area contributed by atoms with Gasteiger partial charge in [0.25, 0.3) is 0 Å². The van der Waals surface area contributed by atoms with E-state index in [9.17, 15) is 18.0 Å². The Bertz CT molecular complexity index is 716. The maximum absolute atomic E-state index is 12.6. The van der Waals surface area contributed by atoms with Crippen molar-refractivity contribution in [3.63, 3.8) is 0 Å². The quantitative estimate of drug-likeness (QED) is 0.784. The molecule has 1 heterocycles. The van der Waals surface area contributed by atoms with Crippen LogP contribution in [-0.4, -0.2) is 17.6 Å². The SMILES string of the molecule is O=C(NCCC=Cc1cc(C(F)(F)F)ccn1)OCc1ccccc1. The van der Waals surface area contributed by atoms with E-state index in [1.165, 1.54) is 6.08 Å². The number of benzene rings is 1. The van der Waals surface area contributed by atoms with Crippen molar-refractivity contribution in [2.24, 2.45) is 0 Å². The first-order valence-corrected chi connectivity index (χ1v) is 7.59. The summed E-state index contributed by atoms with van der Waals surface area (Å²) in [6.07, 6.45) is -0.267. The topological polar surface area (TPSA) is 51.2 Å². The van der Waals surface area contributed by atoms with Crippen LogP contribution in [0.2, 0.25) is 0 Å². The number of ether oxygens (including phenoxy) is 1. The molecule has 1 amide bonds. The lowest BCUT2D eigenvalue weighted by molar-refractivity contribution is -0.137. The summed E-state index contributed by atoms with van der Waals surface area (Å²) in [6, 6.07) is 11.2. The number of amides is 1. The van der Waals surface area contributed by atoms with Crippen molar-refractivity contribution < 1.29 is 22.7 Å². The molecule has 1 N–H and O–H groups in total. The largest absolute Gasteiger partial charge is 0.445 e. The summed E-state index contributed by atoms with van der Waals surface area (Å²) in [5.41, 5.74) is 0.347. The van der Waals surface area contributed by atoms with Crippen molar-refractivity contribution in [3.8, 4) is 0 Å². The minimum absolute atomic E-state index is 0.177. The number of alkyl halides is 3. The van der Waals surface area contributed by atoms with E-state index in [1.807, 2.05) is 30.3 Å². The number of rotatable bonds is 6. The summed E-state index contributed by atoms with van der Waals surface area (Å²) >= 11 is 0. The first-order valence-electron chi connectivity index (χ1n) is 7.59. The summed E-state index contributed by atoms with van der Waals surface area (Å²) in [4.78, 5) is 15.4. The Morgan fingerprint density at radius 2 is 1.96 bits per heavy atom. The monoisotopic (exact) mass is 350 g/mol. The molecule has 0 saturated carbocycles. The van der Waals surface area contributed by atoms with Crippen molar-refractivity contribution in [1.82, 2.24) is 10.3 Å². The van der Waals surface area contributed by atoms with Crippen LogP contribution in [0.4, 0.5) is 18.0 Å². The van der Waals surface area contributed by atoms with Gasteiger partial charge in [-0.05, 0) is 30.2 Å². The van der Waals surface area contributed by atoms with E-state index in [2.05, 4.69) is 10.3 Å². The van der Waals surface area contributed by atoms with Crippen molar-refractivity contribution in [1.29, 1.82) is 0 Å². The molecule has 4 nitrogen and oxygen atoms in total. The molecule has 0 unspecified atom stereocenters. The summed E-state index contributed by atoms with van der Waals surface area (Å²) in [5, 5.41) is 2.56. The summed E-state index contributed by atoms with van der Waals surface area (Å²) in [6.45, 7) is 0.486. The molecule has 0 spiro atoms. The van der Waals surface area contributed by atoms with E-state index in [0.29, 0.717) is 13.0 Å². The minimum atomic E-state index is -4.39. The molecule has 132 valence electrons. The number of carbonyl (C=O) groups excluding carboxylic acids is 1. The van der Waals surface area contributed by atoms with Gasteiger partial charge in [-0.15, -0.1) is 0 Å². The van der Waals surface area contributed by atoms with Crippen LogP contribution in [0.1, 0.15) is 23.2 Å². The molecule has 2 aromatic rings. The number of aromatic nitrogens is 1. The minimum Gasteiger partial charge on any atom is -0.445 e. The smallest absolute Gasteiger partial charge is 0.416 e. The molecule has 0 aliphatic rings. The highest BCUT2D eigenvalue weighted by Crippen LogP contribution is 2.29. The third-order valence-corrected chi connectivity index (χ3v) is 3.19. The van der Waals surface area contributed by atoms with Crippen molar-refractivity contribution in [2.75, 3.05) is 6.54 Å². The fraction of sp³-hybridized carbons (Fsp3) is 0.222. The lowest BCUT2D eigenvalue weighted by atomic mass is 10.2. The Morgan fingerprint density at radius 1 is 1.20 bits per heavy atom. The summed E-state index contributed by atoms with van der Waals surface area (Å²) < 4.78 is 42.8. The molecule has 0 aliphatic heterocycles. The van der Waals surface area contributed by atoms with Gasteiger partial charge in [0, 0.05) is 12.7 Å². The molecule has 0 aliphatic carbocycles. The number of carbonyl (C=O) groups is 1. The van der Waals surface area contributed by atoms with Crippen LogP contribution in [0.3, 0.4) is 0 Å². The summed E-state index contributed by atoms with van der Waals surface area (Å²) in [7, 11) is 0.